The summed E-state index contributed by atoms with van der Waals surface area (Å²) in [4.78, 5) is 27.1. The summed E-state index contributed by atoms with van der Waals surface area (Å²) >= 11 is 1.41. The van der Waals surface area contributed by atoms with Gasteiger partial charge in [-0.3, -0.25) is 9.59 Å². The van der Waals surface area contributed by atoms with Gasteiger partial charge in [-0.05, 0) is 47.8 Å². The maximum Gasteiger partial charge on any atom is 0.291 e. The van der Waals surface area contributed by atoms with E-state index >= 15 is 0 Å². The molecule has 6 nitrogen and oxygen atoms in total. The number of hydrogen-bond acceptors (Lipinski definition) is 5. The minimum atomic E-state index is -0.845. The van der Waals surface area contributed by atoms with E-state index in [4.69, 9.17) is 9.15 Å². The van der Waals surface area contributed by atoms with E-state index in [0.717, 1.165) is 17.0 Å². The van der Waals surface area contributed by atoms with Crippen LogP contribution in [0.25, 0.3) is 0 Å². The highest BCUT2D eigenvalue weighted by molar-refractivity contribution is 7.09. The fourth-order valence-corrected chi connectivity index (χ4v) is 3.75. The molecule has 0 atom stereocenters. The molecule has 0 spiro atoms. The maximum absolute atomic E-state index is 14.4. The molecule has 0 fully saturated rings. The van der Waals surface area contributed by atoms with Gasteiger partial charge in [0.25, 0.3) is 11.8 Å². The Hall–Kier alpha value is -3.98. The number of rotatable bonds is 8. The first-order valence-electron chi connectivity index (χ1n) is 9.85. The molecule has 0 unspecified atom stereocenters. The average Bonchev–Trinajstić information content (AvgIpc) is 3.51. The minimum Gasteiger partial charge on any atom is -0.484 e. The largest absolute Gasteiger partial charge is 0.484 e. The van der Waals surface area contributed by atoms with Gasteiger partial charge in [-0.2, -0.15) is 0 Å². The van der Waals surface area contributed by atoms with Crippen molar-refractivity contribution in [2.24, 2.45) is 0 Å². The topological polar surface area (TPSA) is 71.8 Å². The summed E-state index contributed by atoms with van der Waals surface area (Å²) in [6, 6.07) is 16.3. The summed E-state index contributed by atoms with van der Waals surface area (Å²) in [5, 5.41) is 4.52. The van der Waals surface area contributed by atoms with Gasteiger partial charge < -0.3 is 19.4 Å². The molecule has 0 radical (unpaired) electrons. The van der Waals surface area contributed by atoms with Crippen LogP contribution in [0.1, 0.15) is 15.4 Å². The zero-order valence-electron chi connectivity index (χ0n) is 17.2. The number of benzene rings is 2. The lowest BCUT2D eigenvalue weighted by molar-refractivity contribution is -0.120. The number of amides is 2. The van der Waals surface area contributed by atoms with Crippen LogP contribution in [0.4, 0.5) is 20.2 Å². The van der Waals surface area contributed by atoms with Crippen molar-refractivity contribution in [1.82, 2.24) is 0 Å². The third kappa shape index (κ3) is 5.64. The van der Waals surface area contributed by atoms with Gasteiger partial charge in [-0.25, -0.2) is 8.78 Å². The number of nitrogens with one attached hydrogen (secondary N) is 1. The highest BCUT2D eigenvalue weighted by Gasteiger charge is 2.21. The van der Waals surface area contributed by atoms with Gasteiger partial charge in [0, 0.05) is 22.7 Å². The highest BCUT2D eigenvalue weighted by Crippen LogP contribution is 2.25. The third-order valence-corrected chi connectivity index (χ3v) is 5.46. The number of thiophene rings is 1. The molecule has 0 aliphatic rings. The van der Waals surface area contributed by atoms with E-state index < -0.39 is 30.1 Å². The van der Waals surface area contributed by atoms with Crippen molar-refractivity contribution < 1.29 is 27.5 Å². The molecule has 0 aliphatic carbocycles. The molecule has 0 bridgehead atoms. The van der Waals surface area contributed by atoms with Crippen molar-refractivity contribution in [1.29, 1.82) is 0 Å². The lowest BCUT2D eigenvalue weighted by atomic mass is 10.2. The van der Waals surface area contributed by atoms with E-state index in [2.05, 4.69) is 5.32 Å². The Balaban J connectivity index is 1.46. The van der Waals surface area contributed by atoms with Gasteiger partial charge in [-0.1, -0.05) is 12.1 Å². The van der Waals surface area contributed by atoms with Crippen molar-refractivity contribution in [2.45, 2.75) is 6.54 Å². The molecule has 2 aromatic heterocycles. The van der Waals surface area contributed by atoms with Gasteiger partial charge in [-0.15, -0.1) is 11.3 Å². The molecule has 168 valence electrons. The van der Waals surface area contributed by atoms with Crippen LogP contribution in [-0.2, 0) is 11.3 Å². The monoisotopic (exact) mass is 468 g/mol. The average molecular weight is 468 g/mol. The summed E-state index contributed by atoms with van der Waals surface area (Å²) in [5.74, 6) is -2.04. The molecule has 2 amide bonds. The number of hydrogen-bond donors (Lipinski definition) is 1. The molecule has 4 aromatic rings. The van der Waals surface area contributed by atoms with Crippen LogP contribution >= 0.6 is 11.3 Å². The van der Waals surface area contributed by atoms with Crippen LogP contribution in [0.2, 0.25) is 0 Å². The fourth-order valence-electron chi connectivity index (χ4n) is 3.05. The Bertz CT molecular complexity index is 1240. The smallest absolute Gasteiger partial charge is 0.291 e. The van der Waals surface area contributed by atoms with Gasteiger partial charge >= 0.3 is 0 Å². The summed E-state index contributed by atoms with van der Waals surface area (Å²) in [6.45, 7) is -0.278. The third-order valence-electron chi connectivity index (χ3n) is 4.59. The van der Waals surface area contributed by atoms with Crippen LogP contribution in [0.3, 0.4) is 0 Å². The first-order valence-corrected chi connectivity index (χ1v) is 10.7. The highest BCUT2D eigenvalue weighted by atomic mass is 32.1. The lowest BCUT2D eigenvalue weighted by Crippen LogP contribution is -2.35. The predicted octanol–water partition coefficient (Wildman–Crippen LogP) is 5.48. The normalized spacial score (nSPS) is 10.6. The maximum atomic E-state index is 14.4. The number of carbonyl (C=O) groups excluding carboxylic acids is 2. The standard InChI is InChI=1S/C24H18F2N2O4S/c25-16-8-9-21(20(26)12-16)28(14-19-6-3-11-33-19)23(29)15-32-18-5-1-4-17(13-18)27-24(30)22-7-2-10-31-22/h1-13H,14-15H2,(H,27,30). The molecule has 0 aliphatic heterocycles. The second kappa shape index (κ2) is 10.1. The van der Waals surface area contributed by atoms with Gasteiger partial charge in [0.1, 0.15) is 17.4 Å². The zero-order valence-corrected chi connectivity index (χ0v) is 18.0. The molecule has 0 saturated carbocycles. The second-order valence-corrected chi connectivity index (χ2v) is 7.94. The Kier molecular flexibility index (Phi) is 6.80. The first kappa shape index (κ1) is 22.2. The molecule has 9 heteroatoms. The van der Waals surface area contributed by atoms with E-state index in [1.54, 1.807) is 30.3 Å². The molecule has 2 heterocycles. The molecule has 4 rings (SSSR count). The van der Waals surface area contributed by atoms with E-state index in [1.807, 2.05) is 17.5 Å². The second-order valence-electron chi connectivity index (χ2n) is 6.90. The Labute approximate surface area is 192 Å². The zero-order chi connectivity index (χ0) is 23.2. The first-order chi connectivity index (χ1) is 16.0. The Morgan fingerprint density at radius 2 is 1.91 bits per heavy atom. The van der Waals surface area contributed by atoms with Crippen LogP contribution in [0.5, 0.6) is 5.75 Å². The fraction of sp³-hybridized carbons (Fsp3) is 0.0833. The Morgan fingerprint density at radius 3 is 2.64 bits per heavy atom. The van der Waals surface area contributed by atoms with Crippen molar-refractivity contribution in [3.8, 4) is 5.75 Å². The van der Waals surface area contributed by atoms with Gasteiger partial charge in [0.15, 0.2) is 12.4 Å². The van der Waals surface area contributed by atoms with Crippen molar-refractivity contribution >= 4 is 34.5 Å². The lowest BCUT2D eigenvalue weighted by Gasteiger charge is -2.23. The predicted molar refractivity (Wildman–Crippen MR) is 120 cm³/mol. The van der Waals surface area contributed by atoms with Crippen molar-refractivity contribution in [2.75, 3.05) is 16.8 Å². The molecule has 33 heavy (non-hydrogen) atoms. The van der Waals surface area contributed by atoms with E-state index in [9.17, 15) is 18.4 Å². The summed E-state index contributed by atoms with van der Waals surface area (Å²) in [7, 11) is 0. The van der Waals surface area contributed by atoms with Crippen LogP contribution < -0.4 is 15.0 Å². The summed E-state index contributed by atoms with van der Waals surface area (Å²) in [6.07, 6.45) is 1.39. The number of anilines is 2. The number of carbonyl (C=O) groups is 2. The summed E-state index contributed by atoms with van der Waals surface area (Å²) < 4.78 is 38.5. The van der Waals surface area contributed by atoms with Crippen LogP contribution in [-0.4, -0.2) is 18.4 Å². The van der Waals surface area contributed by atoms with E-state index in [-0.39, 0.29) is 18.0 Å². The molecule has 1 N–H and O–H groups in total. The van der Waals surface area contributed by atoms with Crippen molar-refractivity contribution in [3.63, 3.8) is 0 Å². The quantitative estimate of drug-likeness (QED) is 0.372. The number of ether oxygens (including phenoxy) is 1. The molecular weight excluding hydrogens is 450 g/mol. The number of halogens is 2. The molecule has 2 aromatic carbocycles. The van der Waals surface area contributed by atoms with Gasteiger partial charge in [0.05, 0.1) is 18.5 Å². The number of nitrogens with zero attached hydrogens (tertiary/aromatic N) is 1. The molecule has 0 saturated heterocycles. The van der Waals surface area contributed by atoms with E-state index in [1.165, 1.54) is 34.6 Å². The summed E-state index contributed by atoms with van der Waals surface area (Å²) in [5.41, 5.74) is 0.402. The number of furan rings is 1. The minimum absolute atomic E-state index is 0.0436. The SMILES string of the molecule is O=C(Nc1cccc(OCC(=O)N(Cc2cccs2)c2ccc(F)cc2F)c1)c1ccco1. The van der Waals surface area contributed by atoms with Crippen molar-refractivity contribution in [3.05, 3.63) is 101 Å². The van der Waals surface area contributed by atoms with Crippen LogP contribution in [0.15, 0.2) is 82.8 Å². The molecular formula is C24H18F2N2O4S. The Morgan fingerprint density at radius 1 is 1.03 bits per heavy atom. The van der Waals surface area contributed by atoms with Crippen LogP contribution in [0, 0.1) is 11.6 Å². The van der Waals surface area contributed by atoms with Gasteiger partial charge in [0.2, 0.25) is 0 Å². The van der Waals surface area contributed by atoms with E-state index in [0.29, 0.717) is 11.4 Å².